The van der Waals surface area contributed by atoms with Crippen LogP contribution < -0.4 is 4.46 Å². The molecule has 0 radical (unpaired) electrons. The standard InChI is InChI=1S/C17H18N2Se/c1-17(14-8-4-2-5-9-14)12-15(18-19-17)13-20-16-10-6-3-7-11-16/h2-11,15H,12-13H2,1H3. The molecule has 0 saturated heterocycles. The van der Waals surface area contributed by atoms with Gasteiger partial charge in [-0.25, -0.2) is 0 Å². The number of benzene rings is 2. The number of nitrogens with zero attached hydrogens (tertiary/aromatic N) is 2. The summed E-state index contributed by atoms with van der Waals surface area (Å²) in [5.41, 5.74) is 1.15. The molecule has 0 aliphatic carbocycles. The van der Waals surface area contributed by atoms with E-state index in [0.29, 0.717) is 21.0 Å². The van der Waals surface area contributed by atoms with Crippen molar-refractivity contribution >= 4 is 19.4 Å². The predicted octanol–water partition coefficient (Wildman–Crippen LogP) is 3.57. The fraction of sp³-hybridized carbons (Fsp3) is 0.294. The Bertz CT molecular complexity index is 582. The topological polar surface area (TPSA) is 24.7 Å². The second kappa shape index (κ2) is 5.90. The van der Waals surface area contributed by atoms with E-state index in [4.69, 9.17) is 0 Å². The summed E-state index contributed by atoms with van der Waals surface area (Å²) in [6.07, 6.45) is 1.03. The van der Waals surface area contributed by atoms with Gasteiger partial charge in [0.1, 0.15) is 0 Å². The van der Waals surface area contributed by atoms with E-state index in [2.05, 4.69) is 77.8 Å². The molecule has 0 amide bonds. The summed E-state index contributed by atoms with van der Waals surface area (Å²) in [6.45, 7) is 2.20. The summed E-state index contributed by atoms with van der Waals surface area (Å²) in [7, 11) is 0. The Morgan fingerprint density at radius 1 is 1.05 bits per heavy atom. The van der Waals surface area contributed by atoms with Crippen molar-refractivity contribution in [3.05, 3.63) is 66.2 Å². The molecule has 1 aliphatic rings. The zero-order chi connectivity index (χ0) is 13.8. The summed E-state index contributed by atoms with van der Waals surface area (Å²) in [5, 5.41) is 10.2. The summed E-state index contributed by atoms with van der Waals surface area (Å²) in [4.78, 5) is 0. The zero-order valence-electron chi connectivity index (χ0n) is 11.6. The molecule has 2 unspecified atom stereocenters. The van der Waals surface area contributed by atoms with Gasteiger partial charge in [-0.15, -0.1) is 0 Å². The molecule has 1 aliphatic heterocycles. The van der Waals surface area contributed by atoms with Crippen LogP contribution >= 0.6 is 0 Å². The molecular formula is C17H18N2Se. The van der Waals surface area contributed by atoms with Gasteiger partial charge in [0, 0.05) is 0 Å². The van der Waals surface area contributed by atoms with Crippen LogP contribution in [-0.2, 0) is 5.54 Å². The Balaban J connectivity index is 1.62. The summed E-state index contributed by atoms with van der Waals surface area (Å²) in [6, 6.07) is 21.6. The van der Waals surface area contributed by atoms with E-state index in [-0.39, 0.29) is 5.54 Å². The fourth-order valence-electron chi connectivity index (χ4n) is 2.52. The average Bonchev–Trinajstić information content (AvgIpc) is 2.90. The van der Waals surface area contributed by atoms with E-state index < -0.39 is 0 Å². The van der Waals surface area contributed by atoms with Crippen molar-refractivity contribution in [1.82, 2.24) is 0 Å². The molecule has 20 heavy (non-hydrogen) atoms. The Hall–Kier alpha value is -1.44. The molecule has 102 valence electrons. The van der Waals surface area contributed by atoms with E-state index in [0.717, 1.165) is 11.7 Å². The van der Waals surface area contributed by atoms with Gasteiger partial charge < -0.3 is 0 Å². The van der Waals surface area contributed by atoms with Gasteiger partial charge in [0.15, 0.2) is 0 Å². The van der Waals surface area contributed by atoms with Gasteiger partial charge in [-0.2, -0.15) is 0 Å². The summed E-state index contributed by atoms with van der Waals surface area (Å²) >= 11 is 0.493. The maximum atomic E-state index is 4.57. The Kier molecular flexibility index (Phi) is 4.00. The summed E-state index contributed by atoms with van der Waals surface area (Å²) in [5.74, 6) is 0. The minimum absolute atomic E-state index is 0.126. The van der Waals surface area contributed by atoms with Crippen LogP contribution in [0.1, 0.15) is 18.9 Å². The third-order valence-corrected chi connectivity index (χ3v) is 6.08. The number of rotatable bonds is 4. The maximum absolute atomic E-state index is 4.57. The first-order chi connectivity index (χ1) is 9.76. The summed E-state index contributed by atoms with van der Waals surface area (Å²) < 4.78 is 1.45. The van der Waals surface area contributed by atoms with Crippen molar-refractivity contribution in [2.24, 2.45) is 10.2 Å². The first kappa shape index (κ1) is 13.5. The molecule has 2 aromatic rings. The molecule has 3 heteroatoms. The van der Waals surface area contributed by atoms with E-state index in [9.17, 15) is 0 Å². The number of hydrogen-bond donors (Lipinski definition) is 0. The molecule has 3 rings (SSSR count). The molecule has 2 nitrogen and oxygen atoms in total. The van der Waals surface area contributed by atoms with Crippen LogP contribution in [0.5, 0.6) is 0 Å². The molecule has 0 saturated carbocycles. The zero-order valence-corrected chi connectivity index (χ0v) is 13.3. The molecule has 0 spiro atoms. The quantitative estimate of drug-likeness (QED) is 0.766. The first-order valence-electron chi connectivity index (χ1n) is 6.92. The van der Waals surface area contributed by atoms with Crippen molar-refractivity contribution < 1.29 is 0 Å². The van der Waals surface area contributed by atoms with Crippen LogP contribution in [0, 0.1) is 0 Å². The van der Waals surface area contributed by atoms with Gasteiger partial charge in [0.25, 0.3) is 0 Å². The average molecular weight is 329 g/mol. The molecule has 0 bridgehead atoms. The van der Waals surface area contributed by atoms with Gasteiger partial charge in [-0.05, 0) is 0 Å². The predicted molar refractivity (Wildman–Crippen MR) is 83.7 cm³/mol. The van der Waals surface area contributed by atoms with Crippen LogP contribution in [0.15, 0.2) is 70.9 Å². The normalized spacial score (nSPS) is 24.9. The molecule has 0 N–H and O–H groups in total. The monoisotopic (exact) mass is 330 g/mol. The number of hydrogen-bond acceptors (Lipinski definition) is 2. The molecule has 2 atom stereocenters. The third-order valence-electron chi connectivity index (χ3n) is 3.66. The van der Waals surface area contributed by atoms with Gasteiger partial charge in [0.05, 0.1) is 0 Å². The van der Waals surface area contributed by atoms with E-state index in [1.54, 1.807) is 0 Å². The Morgan fingerprint density at radius 2 is 1.70 bits per heavy atom. The van der Waals surface area contributed by atoms with Crippen LogP contribution in [-0.4, -0.2) is 21.0 Å². The van der Waals surface area contributed by atoms with Crippen LogP contribution in [0.3, 0.4) is 0 Å². The SMILES string of the molecule is CC1(c2ccccc2)CC(C[Se]c2ccccc2)N=N1. The van der Waals surface area contributed by atoms with Crippen molar-refractivity contribution in [2.75, 3.05) is 0 Å². The minimum atomic E-state index is -0.126. The van der Waals surface area contributed by atoms with Crippen molar-refractivity contribution in [3.8, 4) is 0 Å². The number of azo groups is 1. The molecule has 1 heterocycles. The fourth-order valence-corrected chi connectivity index (χ4v) is 4.45. The van der Waals surface area contributed by atoms with Crippen molar-refractivity contribution in [3.63, 3.8) is 0 Å². The molecule has 2 aromatic carbocycles. The van der Waals surface area contributed by atoms with Crippen molar-refractivity contribution in [1.29, 1.82) is 0 Å². The molecule has 0 aromatic heterocycles. The Morgan fingerprint density at radius 3 is 2.40 bits per heavy atom. The van der Waals surface area contributed by atoms with Gasteiger partial charge in [0.2, 0.25) is 0 Å². The van der Waals surface area contributed by atoms with Crippen LogP contribution in [0.4, 0.5) is 0 Å². The van der Waals surface area contributed by atoms with Crippen LogP contribution in [0.2, 0.25) is 5.32 Å². The van der Waals surface area contributed by atoms with Gasteiger partial charge in [-0.1, -0.05) is 0 Å². The van der Waals surface area contributed by atoms with Gasteiger partial charge in [-0.3, -0.25) is 0 Å². The Labute approximate surface area is 126 Å². The second-order valence-electron chi connectivity index (χ2n) is 5.34. The van der Waals surface area contributed by atoms with E-state index in [1.807, 2.05) is 0 Å². The first-order valence-corrected chi connectivity index (χ1v) is 8.98. The third kappa shape index (κ3) is 3.00. The van der Waals surface area contributed by atoms with E-state index in [1.165, 1.54) is 10.0 Å². The van der Waals surface area contributed by atoms with Crippen molar-refractivity contribution in [2.45, 2.75) is 30.2 Å². The van der Waals surface area contributed by atoms with E-state index >= 15 is 0 Å². The van der Waals surface area contributed by atoms with Gasteiger partial charge >= 0.3 is 126 Å². The molecule has 0 fully saturated rings. The van der Waals surface area contributed by atoms with Crippen LogP contribution in [0.25, 0.3) is 0 Å². The second-order valence-corrected chi connectivity index (χ2v) is 7.63. The molecular weight excluding hydrogens is 311 g/mol.